The first-order chi connectivity index (χ1) is 13.0. The van der Waals surface area contributed by atoms with Crippen molar-refractivity contribution < 1.29 is 14.5 Å². The quantitative estimate of drug-likeness (QED) is 0.200. The number of non-ortho nitro benzene ring substituents is 1. The van der Waals surface area contributed by atoms with Gasteiger partial charge in [-0.25, -0.2) is 0 Å². The molecule has 0 atom stereocenters. The zero-order valence-electron chi connectivity index (χ0n) is 15.8. The Bertz CT molecular complexity index is 723. The summed E-state index contributed by atoms with van der Waals surface area (Å²) in [6.07, 6.45) is 2.25. The molecule has 0 unspecified atom stereocenters. The number of nitro benzene ring substituents is 1. The third-order valence-corrected chi connectivity index (χ3v) is 3.95. The number of benzene rings is 1. The van der Waals surface area contributed by atoms with Gasteiger partial charge in [0, 0.05) is 18.8 Å². The fraction of sp³-hybridized carbons (Fsp3) is 0.444. The van der Waals surface area contributed by atoms with Crippen molar-refractivity contribution in [2.24, 2.45) is 0 Å². The Hall–Kier alpha value is -3.12. The molecule has 27 heavy (non-hydrogen) atoms. The summed E-state index contributed by atoms with van der Waals surface area (Å²) in [6, 6.07) is 5.66. The molecule has 0 saturated heterocycles. The van der Waals surface area contributed by atoms with Crippen LogP contribution < -0.4 is 15.4 Å². The molecule has 9 nitrogen and oxygen atoms in total. The van der Waals surface area contributed by atoms with Crippen LogP contribution in [0.4, 0.5) is 11.4 Å². The van der Waals surface area contributed by atoms with E-state index in [1.54, 1.807) is 0 Å². The number of hydrogen-bond acceptors (Lipinski definition) is 7. The molecule has 0 aliphatic heterocycles. The number of anilines is 1. The Morgan fingerprint density at radius 1 is 1.41 bits per heavy atom. The number of carbonyl (C=O) groups excluding carboxylic acids is 1. The van der Waals surface area contributed by atoms with Crippen molar-refractivity contribution in [3.05, 3.63) is 40.1 Å². The van der Waals surface area contributed by atoms with Crippen LogP contribution in [0.2, 0.25) is 0 Å². The highest BCUT2D eigenvalue weighted by Gasteiger charge is 2.15. The van der Waals surface area contributed by atoms with Gasteiger partial charge < -0.3 is 20.3 Å². The molecule has 0 heterocycles. The van der Waals surface area contributed by atoms with Crippen molar-refractivity contribution >= 4 is 17.3 Å². The maximum absolute atomic E-state index is 12.3. The molecule has 0 aliphatic carbocycles. The average Bonchev–Trinajstić information content (AvgIpc) is 2.67. The summed E-state index contributed by atoms with van der Waals surface area (Å²) in [5, 5.41) is 25.5. The van der Waals surface area contributed by atoms with Crippen LogP contribution >= 0.6 is 0 Å². The molecular weight excluding hydrogens is 350 g/mol. The monoisotopic (exact) mass is 375 g/mol. The summed E-state index contributed by atoms with van der Waals surface area (Å²) in [7, 11) is 1.34. The zero-order chi connectivity index (χ0) is 20.2. The highest BCUT2D eigenvalue weighted by Crippen LogP contribution is 2.29. The number of nitrogens with one attached hydrogen (secondary N) is 2. The summed E-state index contributed by atoms with van der Waals surface area (Å²) < 4.78 is 5.07. The van der Waals surface area contributed by atoms with Crippen LogP contribution in [0.3, 0.4) is 0 Å². The molecule has 9 heteroatoms. The van der Waals surface area contributed by atoms with Crippen LogP contribution in [0, 0.1) is 21.4 Å². The number of amides is 1. The first-order valence-corrected chi connectivity index (χ1v) is 8.66. The van der Waals surface area contributed by atoms with Gasteiger partial charge in [-0.05, 0) is 32.1 Å². The average molecular weight is 375 g/mol. The van der Waals surface area contributed by atoms with Crippen molar-refractivity contribution in [1.29, 1.82) is 5.26 Å². The summed E-state index contributed by atoms with van der Waals surface area (Å²) in [4.78, 5) is 24.8. The second-order valence-corrected chi connectivity index (χ2v) is 5.60. The van der Waals surface area contributed by atoms with Crippen molar-refractivity contribution in [3.63, 3.8) is 0 Å². The van der Waals surface area contributed by atoms with Gasteiger partial charge in [-0.3, -0.25) is 14.9 Å². The van der Waals surface area contributed by atoms with Crippen molar-refractivity contribution in [2.75, 3.05) is 38.6 Å². The molecule has 1 amide bonds. The Balaban J connectivity index is 2.68. The van der Waals surface area contributed by atoms with E-state index in [-0.39, 0.29) is 22.7 Å². The predicted octanol–water partition coefficient (Wildman–Crippen LogP) is 2.27. The molecule has 0 spiro atoms. The van der Waals surface area contributed by atoms with Gasteiger partial charge in [0.2, 0.25) is 0 Å². The number of rotatable bonds is 11. The van der Waals surface area contributed by atoms with Crippen LogP contribution in [0.5, 0.6) is 5.75 Å². The highest BCUT2D eigenvalue weighted by molar-refractivity contribution is 6.07. The normalized spacial score (nSPS) is 11.0. The lowest BCUT2D eigenvalue weighted by Gasteiger charge is -2.17. The van der Waals surface area contributed by atoms with E-state index in [9.17, 15) is 20.2 Å². The molecule has 2 N–H and O–H groups in total. The van der Waals surface area contributed by atoms with Gasteiger partial charge in [0.15, 0.2) is 0 Å². The fourth-order valence-corrected chi connectivity index (χ4v) is 2.35. The Kier molecular flexibility index (Phi) is 9.33. The van der Waals surface area contributed by atoms with Gasteiger partial charge >= 0.3 is 0 Å². The van der Waals surface area contributed by atoms with E-state index >= 15 is 0 Å². The van der Waals surface area contributed by atoms with Crippen molar-refractivity contribution in [3.8, 4) is 11.8 Å². The third-order valence-electron chi connectivity index (χ3n) is 3.95. The lowest BCUT2D eigenvalue weighted by atomic mass is 10.2. The summed E-state index contributed by atoms with van der Waals surface area (Å²) in [5.74, 6) is -0.483. The maximum atomic E-state index is 12.3. The lowest BCUT2D eigenvalue weighted by Crippen LogP contribution is -2.26. The van der Waals surface area contributed by atoms with Crippen LogP contribution in [-0.2, 0) is 4.79 Å². The summed E-state index contributed by atoms with van der Waals surface area (Å²) in [6.45, 7) is 7.73. The Labute approximate surface area is 158 Å². The first kappa shape index (κ1) is 21.9. The molecule has 0 aliphatic rings. The number of nitrogens with zero attached hydrogens (tertiary/aromatic N) is 3. The molecule has 0 fully saturated rings. The van der Waals surface area contributed by atoms with E-state index in [2.05, 4.69) is 29.4 Å². The summed E-state index contributed by atoms with van der Waals surface area (Å²) in [5.41, 5.74) is -0.00945. The van der Waals surface area contributed by atoms with E-state index in [4.69, 9.17) is 4.74 Å². The van der Waals surface area contributed by atoms with Gasteiger partial charge in [0.25, 0.3) is 11.6 Å². The lowest BCUT2D eigenvalue weighted by molar-refractivity contribution is -0.384. The number of carbonyl (C=O) groups is 1. The minimum Gasteiger partial charge on any atom is -0.494 e. The summed E-state index contributed by atoms with van der Waals surface area (Å²) >= 11 is 0. The number of nitriles is 1. The molecule has 1 rings (SSSR count). The van der Waals surface area contributed by atoms with E-state index in [1.165, 1.54) is 31.5 Å². The maximum Gasteiger partial charge on any atom is 0.273 e. The second kappa shape index (κ2) is 11.5. The minimum atomic E-state index is -0.624. The SMILES string of the molecule is CCN(CC)CCCN/C=C(/C#N)C(=O)Nc1ccc([N+](=O)[O-])cc1OC. The number of hydrogen-bond donors (Lipinski definition) is 2. The van der Waals surface area contributed by atoms with Crippen LogP contribution in [0.15, 0.2) is 30.0 Å². The molecule has 146 valence electrons. The predicted molar refractivity (Wildman–Crippen MR) is 102 cm³/mol. The van der Waals surface area contributed by atoms with Crippen molar-refractivity contribution in [2.45, 2.75) is 20.3 Å². The topological polar surface area (TPSA) is 121 Å². The Morgan fingerprint density at radius 2 is 2.11 bits per heavy atom. The van der Waals surface area contributed by atoms with E-state index in [0.717, 1.165) is 26.1 Å². The smallest absolute Gasteiger partial charge is 0.273 e. The van der Waals surface area contributed by atoms with Gasteiger partial charge in [0.1, 0.15) is 17.4 Å². The molecule has 1 aromatic rings. The first-order valence-electron chi connectivity index (χ1n) is 8.66. The minimum absolute atomic E-state index is 0.0988. The standard InChI is InChI=1S/C18H25N5O4/c1-4-22(5-2)10-6-9-20-13-14(12-19)18(24)21-16-8-7-15(23(25)26)11-17(16)27-3/h7-8,11,13,20H,4-6,9-10H2,1-3H3,(H,21,24)/b14-13-. The Morgan fingerprint density at radius 3 is 2.67 bits per heavy atom. The van der Waals surface area contributed by atoms with Gasteiger partial charge in [-0.1, -0.05) is 13.8 Å². The van der Waals surface area contributed by atoms with Crippen LogP contribution in [0.25, 0.3) is 0 Å². The number of nitro groups is 1. The van der Waals surface area contributed by atoms with E-state index < -0.39 is 10.8 Å². The molecule has 0 saturated carbocycles. The van der Waals surface area contributed by atoms with Crippen LogP contribution in [-0.4, -0.2) is 49.0 Å². The number of ether oxygens (including phenoxy) is 1. The molecule has 0 radical (unpaired) electrons. The third kappa shape index (κ3) is 6.95. The van der Waals surface area contributed by atoms with Gasteiger partial charge in [-0.15, -0.1) is 0 Å². The molecule has 0 bridgehead atoms. The molecular formula is C18H25N5O4. The van der Waals surface area contributed by atoms with Crippen molar-refractivity contribution in [1.82, 2.24) is 10.2 Å². The van der Waals surface area contributed by atoms with E-state index in [1.807, 2.05) is 6.07 Å². The number of methoxy groups -OCH3 is 1. The fourth-order valence-electron chi connectivity index (χ4n) is 2.35. The highest BCUT2D eigenvalue weighted by atomic mass is 16.6. The second-order valence-electron chi connectivity index (χ2n) is 5.60. The van der Waals surface area contributed by atoms with E-state index in [0.29, 0.717) is 6.54 Å². The van der Waals surface area contributed by atoms with Gasteiger partial charge in [-0.2, -0.15) is 5.26 Å². The molecule has 1 aromatic carbocycles. The zero-order valence-corrected chi connectivity index (χ0v) is 15.8. The largest absolute Gasteiger partial charge is 0.494 e. The van der Waals surface area contributed by atoms with Gasteiger partial charge in [0.05, 0.1) is 23.8 Å². The molecule has 0 aromatic heterocycles. The van der Waals surface area contributed by atoms with Crippen LogP contribution in [0.1, 0.15) is 20.3 Å².